The molecule has 0 radical (unpaired) electrons. The molecule has 0 atom stereocenters. The Hall–Kier alpha value is -10.1. The van der Waals surface area contributed by atoms with Crippen LogP contribution in [0.25, 0.3) is 83.4 Å². The Balaban J connectivity index is 0.913. The average Bonchev–Trinajstić information content (AvgIpc) is 4.02. The summed E-state index contributed by atoms with van der Waals surface area (Å²) in [4.78, 5) is 4.92. The SMILES string of the molecule is CC(C)(C)c1ccnc(-n2c3ccccc3c3ccc(Oc4cccc(-n5[c-][n+](-c6cc(-c7ccccc7)c(-c7cccc([Si](c8ccccc8)(c8ccccc8)c8ccccc8)c7)c(-c7ccccc7)c6)c6ccccc65)c4)cc32)c1. The molecule has 3 heterocycles. The van der Waals surface area contributed by atoms with E-state index in [1.807, 2.05) is 12.3 Å². The Morgan fingerprint density at radius 2 is 0.951 bits per heavy atom. The maximum Gasteiger partial charge on any atom is 0.269 e. The molecule has 0 unspecified atom stereocenters. The lowest BCUT2D eigenvalue weighted by molar-refractivity contribution is -0.572. The van der Waals surface area contributed by atoms with Crippen LogP contribution in [0.15, 0.2) is 297 Å². The van der Waals surface area contributed by atoms with Gasteiger partial charge in [0.25, 0.3) is 6.33 Å². The highest BCUT2D eigenvalue weighted by molar-refractivity contribution is 7.19. The Morgan fingerprint density at radius 1 is 0.427 bits per heavy atom. The van der Waals surface area contributed by atoms with E-state index in [-0.39, 0.29) is 5.41 Å². The first kappa shape index (κ1) is 50.1. The van der Waals surface area contributed by atoms with Gasteiger partial charge < -0.3 is 4.74 Å². The lowest BCUT2D eigenvalue weighted by Gasteiger charge is -2.35. The van der Waals surface area contributed by atoms with Crippen LogP contribution in [0.4, 0.5) is 0 Å². The summed E-state index contributed by atoms with van der Waals surface area (Å²) in [5.74, 6) is 2.33. The summed E-state index contributed by atoms with van der Waals surface area (Å²) in [6.45, 7) is 6.72. The quantitative estimate of drug-likeness (QED) is 0.0529. The molecule has 0 saturated heterocycles. The number of imidazole rings is 1. The highest BCUT2D eigenvalue weighted by atomic mass is 28.3. The molecule has 0 N–H and O–H groups in total. The van der Waals surface area contributed by atoms with Gasteiger partial charge >= 0.3 is 0 Å². The van der Waals surface area contributed by atoms with E-state index in [9.17, 15) is 0 Å². The molecule has 11 aromatic carbocycles. The molecule has 3 aromatic heterocycles. The zero-order valence-corrected chi connectivity index (χ0v) is 47.0. The number of para-hydroxylation sites is 3. The third kappa shape index (κ3) is 8.90. The van der Waals surface area contributed by atoms with Gasteiger partial charge in [0.05, 0.1) is 33.4 Å². The molecular formula is C76H58N4OSi. The van der Waals surface area contributed by atoms with Crippen molar-refractivity contribution in [3.63, 3.8) is 0 Å². The number of hydrogen-bond donors (Lipinski definition) is 0. The van der Waals surface area contributed by atoms with Crippen LogP contribution in [0.5, 0.6) is 11.5 Å². The summed E-state index contributed by atoms with van der Waals surface area (Å²) in [7, 11) is -2.87. The predicted molar refractivity (Wildman–Crippen MR) is 341 cm³/mol. The van der Waals surface area contributed by atoms with Crippen LogP contribution in [-0.4, -0.2) is 22.2 Å². The van der Waals surface area contributed by atoms with Crippen LogP contribution < -0.4 is 30.1 Å². The molecule has 0 bridgehead atoms. The van der Waals surface area contributed by atoms with E-state index in [2.05, 4.69) is 326 Å². The molecule has 0 aliphatic rings. The van der Waals surface area contributed by atoms with Crippen molar-refractivity contribution in [3.05, 3.63) is 309 Å². The van der Waals surface area contributed by atoms with E-state index in [1.54, 1.807) is 0 Å². The normalized spacial score (nSPS) is 11.8. The fourth-order valence-electron chi connectivity index (χ4n) is 12.3. The molecule has 0 spiro atoms. The fraction of sp³-hybridized carbons (Fsp3) is 0.0526. The highest BCUT2D eigenvalue weighted by Crippen LogP contribution is 2.42. The van der Waals surface area contributed by atoms with Crippen LogP contribution >= 0.6 is 0 Å². The van der Waals surface area contributed by atoms with Gasteiger partial charge in [0.15, 0.2) is 8.07 Å². The third-order valence-electron chi connectivity index (χ3n) is 16.1. The maximum absolute atomic E-state index is 6.84. The van der Waals surface area contributed by atoms with Gasteiger partial charge in [-0.2, -0.15) is 0 Å². The van der Waals surface area contributed by atoms with E-state index in [0.29, 0.717) is 5.75 Å². The van der Waals surface area contributed by atoms with E-state index < -0.39 is 8.07 Å². The van der Waals surface area contributed by atoms with Crippen molar-refractivity contribution in [3.8, 4) is 62.1 Å². The molecular weight excluding hydrogens is 1010 g/mol. The fourth-order valence-corrected chi connectivity index (χ4v) is 17.1. The van der Waals surface area contributed by atoms with E-state index in [4.69, 9.17) is 9.72 Å². The minimum Gasteiger partial charge on any atom is -0.458 e. The summed E-state index contributed by atoms with van der Waals surface area (Å²) in [5.41, 5.74) is 14.1. The maximum atomic E-state index is 6.84. The standard InChI is InChI=1S/C76H58N4OSi/c1-76(2,3)57-45-46-77-74(48-57)80-70-40-20-19-39-66(70)67-44-43-61(52-73(67)80)81-60-31-24-30-58(49-60)78-53-79(72-42-22-21-41-71(72)78)59-50-68(54-25-9-4-10-26-54)75(69(51-59)55-27-11-5-12-28-55)56-29-23-38-65(47-56)82(62-32-13-6-14-33-62,63-34-15-7-16-35-63)64-36-17-8-18-37-64/h4-52H,1-3H3. The number of rotatable bonds is 12. The summed E-state index contributed by atoms with van der Waals surface area (Å²) in [6.07, 6.45) is 5.79. The van der Waals surface area contributed by atoms with Gasteiger partial charge in [-0.15, -0.1) is 0 Å². The largest absolute Gasteiger partial charge is 0.458 e. The Labute approximate surface area is 479 Å². The molecule has 0 saturated carbocycles. The summed E-state index contributed by atoms with van der Waals surface area (Å²) in [5, 5.41) is 7.64. The van der Waals surface area contributed by atoms with Crippen LogP contribution in [-0.2, 0) is 5.41 Å². The van der Waals surface area contributed by atoms with Crippen molar-refractivity contribution in [2.45, 2.75) is 26.2 Å². The summed E-state index contributed by atoms with van der Waals surface area (Å²) < 4.78 is 13.5. The van der Waals surface area contributed by atoms with Crippen LogP contribution in [0.2, 0.25) is 0 Å². The zero-order chi connectivity index (χ0) is 55.2. The lowest BCUT2D eigenvalue weighted by Crippen LogP contribution is -2.74. The Morgan fingerprint density at radius 3 is 1.59 bits per heavy atom. The minimum absolute atomic E-state index is 0.0306. The van der Waals surface area contributed by atoms with Crippen molar-refractivity contribution in [1.29, 1.82) is 0 Å². The first-order valence-corrected chi connectivity index (χ1v) is 30.1. The van der Waals surface area contributed by atoms with Gasteiger partial charge in [0.1, 0.15) is 17.3 Å². The highest BCUT2D eigenvalue weighted by Gasteiger charge is 2.41. The third-order valence-corrected chi connectivity index (χ3v) is 20.9. The monoisotopic (exact) mass is 1070 g/mol. The lowest BCUT2D eigenvalue weighted by atomic mass is 9.87. The van der Waals surface area contributed by atoms with Gasteiger partial charge in [-0.3, -0.25) is 13.7 Å². The molecule has 392 valence electrons. The number of nitrogens with zero attached hydrogens (tertiary/aromatic N) is 4. The predicted octanol–water partition coefficient (Wildman–Crippen LogP) is 15.7. The molecule has 0 amide bonds. The summed E-state index contributed by atoms with van der Waals surface area (Å²) in [6, 6.07) is 106. The second kappa shape index (κ2) is 20.8. The number of hydrogen-bond acceptors (Lipinski definition) is 2. The van der Waals surface area contributed by atoms with Crippen molar-refractivity contribution in [2.75, 3.05) is 0 Å². The number of pyridine rings is 1. The van der Waals surface area contributed by atoms with Gasteiger partial charge in [-0.25, -0.2) is 4.98 Å². The molecule has 82 heavy (non-hydrogen) atoms. The first-order chi connectivity index (χ1) is 40.3. The topological polar surface area (TPSA) is 35.9 Å². The zero-order valence-electron chi connectivity index (χ0n) is 46.0. The number of fused-ring (bicyclic) bond motifs is 4. The molecule has 14 rings (SSSR count). The molecule has 5 nitrogen and oxygen atoms in total. The second-order valence-corrected chi connectivity index (χ2v) is 25.9. The van der Waals surface area contributed by atoms with Gasteiger partial charge in [0, 0.05) is 23.0 Å². The summed E-state index contributed by atoms with van der Waals surface area (Å²) >= 11 is 0. The van der Waals surface area contributed by atoms with Gasteiger partial charge in [0.2, 0.25) is 0 Å². The number of ether oxygens (including phenoxy) is 1. The second-order valence-electron chi connectivity index (χ2n) is 22.1. The number of benzene rings is 11. The van der Waals surface area contributed by atoms with Crippen LogP contribution in [0, 0.1) is 6.33 Å². The van der Waals surface area contributed by atoms with Crippen molar-refractivity contribution < 1.29 is 9.30 Å². The van der Waals surface area contributed by atoms with E-state index in [0.717, 1.165) is 78.2 Å². The molecule has 0 aliphatic carbocycles. The smallest absolute Gasteiger partial charge is 0.269 e. The minimum atomic E-state index is -2.87. The van der Waals surface area contributed by atoms with Crippen LogP contribution in [0.3, 0.4) is 0 Å². The number of aromatic nitrogens is 4. The Kier molecular flexibility index (Phi) is 12.7. The molecule has 0 fully saturated rings. The van der Waals surface area contributed by atoms with E-state index >= 15 is 0 Å². The molecule has 0 aliphatic heterocycles. The first-order valence-electron chi connectivity index (χ1n) is 28.1. The van der Waals surface area contributed by atoms with Crippen LogP contribution in [0.1, 0.15) is 26.3 Å². The molecule has 6 heteroatoms. The average molecular weight is 1070 g/mol. The molecule has 14 aromatic rings. The van der Waals surface area contributed by atoms with Gasteiger partial charge in [-0.1, -0.05) is 245 Å². The van der Waals surface area contributed by atoms with Crippen molar-refractivity contribution in [2.24, 2.45) is 0 Å². The van der Waals surface area contributed by atoms with Crippen molar-refractivity contribution in [1.82, 2.24) is 14.1 Å². The van der Waals surface area contributed by atoms with E-state index in [1.165, 1.54) is 37.3 Å². The van der Waals surface area contributed by atoms with Gasteiger partial charge in [-0.05, 0) is 126 Å². The van der Waals surface area contributed by atoms with Crippen molar-refractivity contribution >= 4 is 61.7 Å². The Bertz CT molecular complexity index is 4470.